The van der Waals surface area contributed by atoms with Gasteiger partial charge in [-0.1, -0.05) is 29.8 Å². The summed E-state index contributed by atoms with van der Waals surface area (Å²) >= 11 is 0. The number of halogens is 1. The fourth-order valence-corrected chi connectivity index (χ4v) is 3.38. The SMILES string of the molecule is CCN(Cc1cccc(F)c1)C(=O)CN1C(=O)C(C)N(c2ccc(C)cc2)C1=O. The van der Waals surface area contributed by atoms with Gasteiger partial charge >= 0.3 is 6.03 Å². The molecule has 6 nitrogen and oxygen atoms in total. The van der Waals surface area contributed by atoms with E-state index in [0.717, 1.165) is 10.5 Å². The van der Waals surface area contributed by atoms with Crippen LogP contribution in [0, 0.1) is 12.7 Å². The smallest absolute Gasteiger partial charge is 0.332 e. The van der Waals surface area contributed by atoms with Crippen molar-refractivity contribution >= 4 is 23.5 Å². The minimum atomic E-state index is -0.684. The van der Waals surface area contributed by atoms with Gasteiger partial charge in [0.25, 0.3) is 5.91 Å². The molecule has 1 saturated heterocycles. The molecule has 7 heteroatoms. The van der Waals surface area contributed by atoms with Crippen LogP contribution < -0.4 is 4.90 Å². The number of carbonyl (C=O) groups excluding carboxylic acids is 3. The molecule has 1 unspecified atom stereocenters. The largest absolute Gasteiger partial charge is 0.337 e. The average Bonchev–Trinajstić information content (AvgIpc) is 2.90. The van der Waals surface area contributed by atoms with E-state index in [0.29, 0.717) is 17.8 Å². The summed E-state index contributed by atoms with van der Waals surface area (Å²) in [5.74, 6) is -1.15. The van der Waals surface area contributed by atoms with E-state index in [1.54, 1.807) is 38.1 Å². The third kappa shape index (κ3) is 4.29. The van der Waals surface area contributed by atoms with Crippen LogP contribution >= 0.6 is 0 Å². The van der Waals surface area contributed by atoms with Gasteiger partial charge in [0.15, 0.2) is 0 Å². The lowest BCUT2D eigenvalue weighted by molar-refractivity contribution is -0.137. The molecule has 1 aliphatic rings. The van der Waals surface area contributed by atoms with E-state index in [9.17, 15) is 18.8 Å². The number of anilines is 1. The quantitative estimate of drug-likeness (QED) is 0.703. The third-order valence-corrected chi connectivity index (χ3v) is 5.05. The molecule has 1 aliphatic heterocycles. The summed E-state index contributed by atoms with van der Waals surface area (Å²) in [5, 5.41) is 0. The summed E-state index contributed by atoms with van der Waals surface area (Å²) in [5.41, 5.74) is 2.31. The first-order valence-electron chi connectivity index (χ1n) is 9.55. The predicted octanol–water partition coefficient (Wildman–Crippen LogP) is 3.34. The summed E-state index contributed by atoms with van der Waals surface area (Å²) in [6.07, 6.45) is 0. The van der Waals surface area contributed by atoms with E-state index in [-0.39, 0.29) is 24.8 Å². The molecule has 2 aromatic rings. The van der Waals surface area contributed by atoms with Crippen LogP contribution in [0.2, 0.25) is 0 Å². The van der Waals surface area contributed by atoms with Crippen molar-refractivity contribution in [2.45, 2.75) is 33.4 Å². The zero-order valence-electron chi connectivity index (χ0n) is 16.8. The van der Waals surface area contributed by atoms with Gasteiger partial charge in [-0.3, -0.25) is 19.4 Å². The zero-order valence-corrected chi connectivity index (χ0v) is 16.8. The molecule has 0 aromatic heterocycles. The molecule has 1 fully saturated rings. The Bertz CT molecular complexity index is 929. The second-order valence-corrected chi connectivity index (χ2v) is 7.13. The standard InChI is InChI=1S/C22H24FN3O3/c1-4-24(13-17-6-5-7-18(23)12-17)20(27)14-25-21(28)16(3)26(22(25)29)19-10-8-15(2)9-11-19/h5-12,16H,4,13-14H2,1-3H3. The molecule has 0 saturated carbocycles. The molecule has 1 atom stereocenters. The third-order valence-electron chi connectivity index (χ3n) is 5.05. The molecule has 0 radical (unpaired) electrons. The molecular weight excluding hydrogens is 373 g/mol. The molecule has 29 heavy (non-hydrogen) atoms. The van der Waals surface area contributed by atoms with Crippen molar-refractivity contribution in [1.29, 1.82) is 0 Å². The number of carbonyl (C=O) groups is 3. The Hall–Kier alpha value is -3.22. The van der Waals surface area contributed by atoms with Crippen LogP contribution in [0.5, 0.6) is 0 Å². The van der Waals surface area contributed by atoms with E-state index in [1.807, 2.05) is 19.1 Å². The Morgan fingerprint density at radius 1 is 1.14 bits per heavy atom. The first-order valence-corrected chi connectivity index (χ1v) is 9.55. The molecule has 0 bridgehead atoms. The summed E-state index contributed by atoms with van der Waals surface area (Å²) in [7, 11) is 0. The van der Waals surface area contributed by atoms with Gasteiger partial charge in [-0.05, 0) is 50.6 Å². The highest BCUT2D eigenvalue weighted by molar-refractivity contribution is 6.15. The van der Waals surface area contributed by atoms with Gasteiger partial charge < -0.3 is 4.90 Å². The van der Waals surface area contributed by atoms with E-state index < -0.39 is 18.0 Å². The maximum absolute atomic E-state index is 13.4. The number of rotatable bonds is 6. The highest BCUT2D eigenvalue weighted by atomic mass is 19.1. The summed E-state index contributed by atoms with van der Waals surface area (Å²) in [6.45, 7) is 5.63. The normalized spacial score (nSPS) is 16.5. The Kier molecular flexibility index (Phi) is 5.96. The number of amides is 4. The van der Waals surface area contributed by atoms with Gasteiger partial charge in [-0.15, -0.1) is 0 Å². The van der Waals surface area contributed by atoms with E-state index in [1.165, 1.54) is 21.9 Å². The topological polar surface area (TPSA) is 60.9 Å². The maximum atomic E-state index is 13.4. The molecule has 4 amide bonds. The summed E-state index contributed by atoms with van der Waals surface area (Å²) in [6, 6.07) is 12.1. The molecule has 2 aromatic carbocycles. The van der Waals surface area contributed by atoms with Crippen molar-refractivity contribution in [3.8, 4) is 0 Å². The van der Waals surface area contributed by atoms with Gasteiger partial charge in [0, 0.05) is 18.8 Å². The highest BCUT2D eigenvalue weighted by Crippen LogP contribution is 2.26. The van der Waals surface area contributed by atoms with Gasteiger partial charge in [0.05, 0.1) is 0 Å². The fourth-order valence-electron chi connectivity index (χ4n) is 3.38. The van der Waals surface area contributed by atoms with Crippen molar-refractivity contribution in [2.75, 3.05) is 18.0 Å². The number of hydrogen-bond donors (Lipinski definition) is 0. The molecule has 3 rings (SSSR count). The lowest BCUT2D eigenvalue weighted by Crippen LogP contribution is -2.43. The van der Waals surface area contributed by atoms with Crippen LogP contribution in [0.25, 0.3) is 0 Å². The predicted molar refractivity (Wildman–Crippen MR) is 108 cm³/mol. The lowest BCUT2D eigenvalue weighted by Gasteiger charge is -2.24. The van der Waals surface area contributed by atoms with Crippen molar-refractivity contribution in [3.63, 3.8) is 0 Å². The van der Waals surface area contributed by atoms with Gasteiger partial charge in [0.2, 0.25) is 5.91 Å². The van der Waals surface area contributed by atoms with E-state index in [4.69, 9.17) is 0 Å². The number of likely N-dealkylation sites (N-methyl/N-ethyl adjacent to an activating group) is 1. The van der Waals surface area contributed by atoms with Gasteiger partial charge in [-0.2, -0.15) is 0 Å². The minimum absolute atomic E-state index is 0.209. The molecule has 0 aliphatic carbocycles. The number of imide groups is 1. The Labute approximate surface area is 169 Å². The highest BCUT2D eigenvalue weighted by Gasteiger charge is 2.44. The molecule has 0 N–H and O–H groups in total. The van der Waals surface area contributed by atoms with Crippen molar-refractivity contribution in [1.82, 2.24) is 9.80 Å². The average molecular weight is 397 g/mol. The van der Waals surface area contributed by atoms with Gasteiger partial charge in [0.1, 0.15) is 18.4 Å². The summed E-state index contributed by atoms with van der Waals surface area (Å²) in [4.78, 5) is 42.2. The number of nitrogens with zero attached hydrogens (tertiary/aromatic N) is 3. The monoisotopic (exact) mass is 397 g/mol. The number of benzene rings is 2. The Balaban J connectivity index is 1.74. The van der Waals surface area contributed by atoms with Crippen molar-refractivity contribution in [3.05, 3.63) is 65.5 Å². The molecule has 0 spiro atoms. The minimum Gasteiger partial charge on any atom is -0.337 e. The van der Waals surface area contributed by atoms with Crippen molar-refractivity contribution < 1.29 is 18.8 Å². The van der Waals surface area contributed by atoms with Crippen LogP contribution in [-0.2, 0) is 16.1 Å². The van der Waals surface area contributed by atoms with E-state index >= 15 is 0 Å². The number of hydrogen-bond acceptors (Lipinski definition) is 3. The molecule has 152 valence electrons. The van der Waals surface area contributed by atoms with Crippen LogP contribution in [0.3, 0.4) is 0 Å². The first-order chi connectivity index (χ1) is 13.8. The van der Waals surface area contributed by atoms with Gasteiger partial charge in [-0.25, -0.2) is 9.18 Å². The first kappa shape index (κ1) is 20.5. The Morgan fingerprint density at radius 2 is 1.83 bits per heavy atom. The molecule has 1 heterocycles. The van der Waals surface area contributed by atoms with Crippen LogP contribution in [0.15, 0.2) is 48.5 Å². The maximum Gasteiger partial charge on any atom is 0.332 e. The zero-order chi connectivity index (χ0) is 21.1. The fraction of sp³-hybridized carbons (Fsp3) is 0.318. The number of urea groups is 1. The second-order valence-electron chi connectivity index (χ2n) is 7.13. The van der Waals surface area contributed by atoms with Crippen LogP contribution in [0.1, 0.15) is 25.0 Å². The summed E-state index contributed by atoms with van der Waals surface area (Å²) < 4.78 is 13.4. The second kappa shape index (κ2) is 8.43. The van der Waals surface area contributed by atoms with E-state index in [2.05, 4.69) is 0 Å². The number of aryl methyl sites for hydroxylation is 1. The van der Waals surface area contributed by atoms with Crippen molar-refractivity contribution in [2.24, 2.45) is 0 Å². The van der Waals surface area contributed by atoms with Crippen LogP contribution in [-0.4, -0.2) is 46.8 Å². The lowest BCUT2D eigenvalue weighted by atomic mass is 10.2. The van der Waals surface area contributed by atoms with Crippen LogP contribution in [0.4, 0.5) is 14.9 Å². The Morgan fingerprint density at radius 3 is 2.45 bits per heavy atom. The molecular formula is C22H24FN3O3.